The Morgan fingerprint density at radius 2 is 1.79 bits per heavy atom. The van der Waals surface area contributed by atoms with E-state index in [-0.39, 0.29) is 23.9 Å². The summed E-state index contributed by atoms with van der Waals surface area (Å²) in [7, 11) is 1.62. The highest BCUT2D eigenvalue weighted by Gasteiger charge is 2.26. The zero-order valence-corrected chi connectivity index (χ0v) is 19.4. The number of imidazole rings is 1. The first-order valence-electron chi connectivity index (χ1n) is 11.0. The van der Waals surface area contributed by atoms with Gasteiger partial charge in [0.2, 0.25) is 17.4 Å². The molecule has 0 radical (unpaired) electrons. The second-order valence-electron chi connectivity index (χ2n) is 8.39. The molecule has 4 aromatic rings. The Morgan fingerprint density at radius 1 is 1.06 bits per heavy atom. The highest BCUT2D eigenvalue weighted by Crippen LogP contribution is 2.21. The number of carbonyl (C=O) groups excluding carboxylic acids is 2. The minimum Gasteiger partial charge on any atom is -0.342 e. The van der Waals surface area contributed by atoms with Crippen LogP contribution in [0.2, 0.25) is 0 Å². The van der Waals surface area contributed by atoms with Crippen LogP contribution in [-0.4, -0.2) is 39.4 Å². The van der Waals surface area contributed by atoms with E-state index in [0.29, 0.717) is 12.1 Å². The maximum Gasteiger partial charge on any atom is 0.249 e. The van der Waals surface area contributed by atoms with Crippen molar-refractivity contribution in [1.29, 1.82) is 0 Å². The normalized spacial score (nSPS) is 11.9. The summed E-state index contributed by atoms with van der Waals surface area (Å²) in [5.74, 6) is -0.573. The van der Waals surface area contributed by atoms with Gasteiger partial charge in [-0.3, -0.25) is 14.4 Å². The minimum absolute atomic E-state index is 0.0434. The highest BCUT2D eigenvalue weighted by molar-refractivity contribution is 5.99. The summed E-state index contributed by atoms with van der Waals surface area (Å²) in [5, 5.41) is 2.91. The molecule has 0 saturated heterocycles. The Balaban J connectivity index is 1.57. The van der Waals surface area contributed by atoms with Gasteiger partial charge in [0.15, 0.2) is 0 Å². The number of pyridine rings is 1. The molecule has 0 aliphatic rings. The average Bonchev–Trinajstić information content (AvgIpc) is 3.26. The summed E-state index contributed by atoms with van der Waals surface area (Å²) in [6.45, 7) is 4.01. The number of fused-ring (bicyclic) bond motifs is 1. The fourth-order valence-corrected chi connectivity index (χ4v) is 4.03. The van der Waals surface area contributed by atoms with Crippen molar-refractivity contribution in [1.82, 2.24) is 19.9 Å². The Labute approximate surface area is 197 Å². The minimum atomic E-state index is -0.788. The lowest BCUT2D eigenvalue weighted by Crippen LogP contribution is -2.49. The van der Waals surface area contributed by atoms with Crippen LogP contribution in [0.4, 0.5) is 5.69 Å². The van der Waals surface area contributed by atoms with Crippen LogP contribution in [0.15, 0.2) is 71.9 Å². The van der Waals surface area contributed by atoms with Crippen LogP contribution in [0.5, 0.6) is 0 Å². The fourth-order valence-electron chi connectivity index (χ4n) is 4.03. The number of aryl methyl sites for hydroxylation is 2. The SMILES string of the molecule is Cc1ccc(C)c2c1ncn2CC(=O)N[C@@H](Cc1ccccc1)C(=O)N(C)c1ccc(=O)[nH]c1. The summed E-state index contributed by atoms with van der Waals surface area (Å²) < 4.78 is 1.81. The third-order valence-electron chi connectivity index (χ3n) is 5.88. The van der Waals surface area contributed by atoms with Crippen LogP contribution in [0.3, 0.4) is 0 Å². The summed E-state index contributed by atoms with van der Waals surface area (Å²) in [5.41, 5.74) is 5.05. The standard InChI is InChI=1S/C26H27N5O3/c1-17-9-10-18(2)25-24(17)28-16-31(25)15-23(33)29-21(13-19-7-5-4-6-8-19)26(34)30(3)20-11-12-22(32)27-14-20/h4-12,14,16,21H,13,15H2,1-3H3,(H,27,32)(H,29,33)/t21-/m0/s1. The van der Waals surface area contributed by atoms with E-state index in [1.54, 1.807) is 19.4 Å². The first kappa shape index (κ1) is 23.0. The molecule has 1 atom stereocenters. The van der Waals surface area contributed by atoms with Gasteiger partial charge in [-0.1, -0.05) is 42.5 Å². The quantitative estimate of drug-likeness (QED) is 0.446. The average molecular weight is 458 g/mol. The molecular weight excluding hydrogens is 430 g/mol. The molecule has 0 aliphatic heterocycles. The molecule has 0 spiro atoms. The van der Waals surface area contributed by atoms with Crippen LogP contribution < -0.4 is 15.8 Å². The van der Waals surface area contributed by atoms with Crippen molar-refractivity contribution in [2.75, 3.05) is 11.9 Å². The topological polar surface area (TPSA) is 100 Å². The van der Waals surface area contributed by atoms with Crippen molar-refractivity contribution >= 4 is 28.5 Å². The van der Waals surface area contributed by atoms with E-state index in [2.05, 4.69) is 15.3 Å². The van der Waals surface area contributed by atoms with E-state index in [9.17, 15) is 14.4 Å². The van der Waals surface area contributed by atoms with Crippen molar-refractivity contribution in [2.45, 2.75) is 32.9 Å². The number of carbonyl (C=O) groups is 2. The predicted octanol–water partition coefficient (Wildman–Crippen LogP) is 2.73. The lowest BCUT2D eigenvalue weighted by atomic mass is 10.0. The predicted molar refractivity (Wildman–Crippen MR) is 132 cm³/mol. The lowest BCUT2D eigenvalue weighted by Gasteiger charge is -2.25. The van der Waals surface area contributed by atoms with E-state index in [4.69, 9.17) is 0 Å². The molecule has 2 N–H and O–H groups in total. The van der Waals surface area contributed by atoms with E-state index >= 15 is 0 Å². The van der Waals surface area contributed by atoms with Gasteiger partial charge < -0.3 is 19.8 Å². The molecule has 0 saturated carbocycles. The second-order valence-corrected chi connectivity index (χ2v) is 8.39. The van der Waals surface area contributed by atoms with Crippen LogP contribution in [-0.2, 0) is 22.6 Å². The number of hydrogen-bond acceptors (Lipinski definition) is 4. The summed E-state index contributed by atoms with van der Waals surface area (Å²) in [4.78, 5) is 46.3. The van der Waals surface area contributed by atoms with Gasteiger partial charge in [0, 0.05) is 25.7 Å². The van der Waals surface area contributed by atoms with Crippen LogP contribution in [0.1, 0.15) is 16.7 Å². The number of likely N-dealkylation sites (N-methyl/N-ethyl adjacent to an activating group) is 1. The largest absolute Gasteiger partial charge is 0.342 e. The van der Waals surface area contributed by atoms with Gasteiger partial charge in [0.25, 0.3) is 0 Å². The van der Waals surface area contributed by atoms with Gasteiger partial charge in [-0.25, -0.2) is 4.98 Å². The van der Waals surface area contributed by atoms with E-state index in [1.807, 2.05) is 60.9 Å². The van der Waals surface area contributed by atoms with Gasteiger partial charge in [-0.05, 0) is 36.6 Å². The maximum atomic E-state index is 13.4. The van der Waals surface area contributed by atoms with Crippen molar-refractivity contribution in [3.05, 3.63) is 94.2 Å². The van der Waals surface area contributed by atoms with Gasteiger partial charge in [0.1, 0.15) is 12.6 Å². The van der Waals surface area contributed by atoms with Gasteiger partial charge in [-0.2, -0.15) is 0 Å². The van der Waals surface area contributed by atoms with Gasteiger partial charge in [-0.15, -0.1) is 0 Å². The van der Waals surface area contributed by atoms with Crippen molar-refractivity contribution in [2.24, 2.45) is 0 Å². The Hall–Kier alpha value is -4.20. The van der Waals surface area contributed by atoms with Crippen LogP contribution in [0, 0.1) is 13.8 Å². The number of amides is 2. The van der Waals surface area contributed by atoms with Gasteiger partial charge >= 0.3 is 0 Å². The van der Waals surface area contributed by atoms with Crippen molar-refractivity contribution < 1.29 is 9.59 Å². The second kappa shape index (κ2) is 9.74. The van der Waals surface area contributed by atoms with Crippen molar-refractivity contribution in [3.63, 3.8) is 0 Å². The number of nitrogens with one attached hydrogen (secondary N) is 2. The molecule has 174 valence electrons. The first-order chi connectivity index (χ1) is 16.3. The van der Waals surface area contributed by atoms with Crippen LogP contribution in [0.25, 0.3) is 11.0 Å². The maximum absolute atomic E-state index is 13.4. The number of rotatable bonds is 7. The summed E-state index contributed by atoms with van der Waals surface area (Å²) in [6, 6.07) is 15.7. The summed E-state index contributed by atoms with van der Waals surface area (Å²) >= 11 is 0. The molecule has 0 aliphatic carbocycles. The fraction of sp³-hybridized carbons (Fsp3) is 0.231. The number of anilines is 1. The molecule has 2 aromatic heterocycles. The zero-order chi connectivity index (χ0) is 24.2. The third-order valence-corrected chi connectivity index (χ3v) is 5.88. The third kappa shape index (κ3) is 4.91. The molecule has 8 nitrogen and oxygen atoms in total. The molecule has 2 aromatic carbocycles. The Bertz CT molecular complexity index is 1370. The Kier molecular flexibility index (Phi) is 6.58. The molecule has 2 heterocycles. The van der Waals surface area contributed by atoms with E-state index in [1.165, 1.54) is 17.2 Å². The van der Waals surface area contributed by atoms with E-state index in [0.717, 1.165) is 27.7 Å². The molecule has 0 unspecified atom stereocenters. The van der Waals surface area contributed by atoms with Crippen molar-refractivity contribution in [3.8, 4) is 0 Å². The van der Waals surface area contributed by atoms with E-state index < -0.39 is 6.04 Å². The number of H-pyrrole nitrogens is 1. The molecule has 34 heavy (non-hydrogen) atoms. The Morgan fingerprint density at radius 3 is 2.50 bits per heavy atom. The number of hydrogen-bond donors (Lipinski definition) is 2. The number of aromatic nitrogens is 3. The number of aromatic amines is 1. The molecule has 8 heteroatoms. The summed E-state index contributed by atoms with van der Waals surface area (Å²) in [6.07, 6.45) is 3.47. The molecule has 0 bridgehead atoms. The molecular formula is C26H27N5O3. The smallest absolute Gasteiger partial charge is 0.249 e. The molecule has 0 fully saturated rings. The number of nitrogens with zero attached hydrogens (tertiary/aromatic N) is 3. The lowest BCUT2D eigenvalue weighted by molar-refractivity contribution is -0.127. The first-order valence-corrected chi connectivity index (χ1v) is 11.0. The zero-order valence-electron chi connectivity index (χ0n) is 19.4. The van der Waals surface area contributed by atoms with Gasteiger partial charge in [0.05, 0.1) is 23.0 Å². The van der Waals surface area contributed by atoms with Crippen LogP contribution >= 0.6 is 0 Å². The monoisotopic (exact) mass is 457 g/mol. The number of benzene rings is 2. The molecule has 2 amide bonds. The highest BCUT2D eigenvalue weighted by atomic mass is 16.2. The molecule has 4 rings (SSSR count).